The van der Waals surface area contributed by atoms with Crippen molar-refractivity contribution in [3.63, 3.8) is 0 Å². The fourth-order valence-corrected chi connectivity index (χ4v) is 39.2. The van der Waals surface area contributed by atoms with Gasteiger partial charge in [0.25, 0.3) is 0 Å². The van der Waals surface area contributed by atoms with E-state index >= 15 is 0 Å². The van der Waals surface area contributed by atoms with Crippen LogP contribution in [-0.4, -0.2) is 143 Å². The van der Waals surface area contributed by atoms with Crippen LogP contribution >= 0.6 is 0 Å². The molecule has 1 rings (SSSR count). The molecule has 0 saturated carbocycles. The van der Waals surface area contributed by atoms with E-state index in [0.29, 0.717) is 0 Å². The molecule has 0 spiro atoms. The zero-order valence-corrected chi connectivity index (χ0v) is 38.8. The second kappa shape index (κ2) is 16.5. The maximum atomic E-state index is 6.77. The first kappa shape index (κ1) is 44.3. The van der Waals surface area contributed by atoms with E-state index in [2.05, 4.69) is 0 Å². The highest BCUT2D eigenvalue weighted by Crippen LogP contribution is 2.35. The van der Waals surface area contributed by atoms with E-state index in [1.54, 1.807) is 58.9 Å². The van der Waals surface area contributed by atoms with Crippen LogP contribution in [0.1, 0.15) is 0 Å². The molecule has 0 amide bonds. The molecule has 0 aromatic heterocycles. The van der Waals surface area contributed by atoms with Crippen molar-refractivity contribution in [3.05, 3.63) is 0 Å². The quantitative estimate of drug-likeness (QED) is 0.221. The number of hydrogen-bond acceptors (Lipinski definition) is 18. The van der Waals surface area contributed by atoms with E-state index in [0.717, 1.165) is 0 Å². The lowest BCUT2D eigenvalue weighted by atomic mass is 11.8. The third-order valence-electron chi connectivity index (χ3n) is 6.67. The molecule has 18 nitrogen and oxygen atoms in total. The molecule has 1 heterocycles. The Kier molecular flexibility index (Phi) is 16.2. The van der Waals surface area contributed by atoms with Crippen molar-refractivity contribution in [1.82, 2.24) is 0 Å². The molecule has 1 saturated heterocycles. The lowest BCUT2D eigenvalue weighted by Gasteiger charge is -2.47. The molecule has 0 N–H and O–H groups in total. The van der Waals surface area contributed by atoms with Crippen LogP contribution in [0.4, 0.5) is 0 Å². The Hall–Kier alpha value is 1.23. The van der Waals surface area contributed by atoms with Crippen LogP contribution in [0, 0.1) is 0 Å². The van der Waals surface area contributed by atoms with Crippen LogP contribution in [-0.2, 0) is 76.9 Å². The summed E-state index contributed by atoms with van der Waals surface area (Å²) < 4.78 is 110. The number of rotatable bonds is 15. The van der Waals surface area contributed by atoms with Crippen LogP contribution in [0.3, 0.4) is 0 Å². The minimum absolute atomic E-state index is 1.43. The van der Waals surface area contributed by atoms with E-state index in [9.17, 15) is 0 Å². The Morgan fingerprint density at radius 1 is 0.333 bits per heavy atom. The maximum Gasteiger partial charge on any atom is 0.489 e. The van der Waals surface area contributed by atoms with Gasteiger partial charge in [0.2, 0.25) is 0 Å². The fraction of sp³-hybridized carbons (Fsp3) is 1.00. The molecule has 0 aromatic rings. The highest BCUT2D eigenvalue weighted by molar-refractivity contribution is 6.91. The lowest BCUT2D eigenvalue weighted by molar-refractivity contribution is 0.0448. The Balaban J connectivity index is 3.98. The van der Waals surface area contributed by atoms with E-state index in [4.69, 9.17) is 76.9 Å². The summed E-state index contributed by atoms with van der Waals surface area (Å²) in [6, 6.07) is 0. The average molecular weight is 811 g/mol. The smallest absolute Gasteiger partial charge is 0.378 e. The fourth-order valence-electron chi connectivity index (χ4n) is 4.01. The molecular weight excluding hydrogens is 757 g/mol. The topological polar surface area (TPSA) is 166 Å². The molecule has 1 aliphatic heterocycles. The van der Waals surface area contributed by atoms with Crippen molar-refractivity contribution in [2.45, 2.75) is 58.9 Å². The van der Waals surface area contributed by atoms with Gasteiger partial charge in [0.05, 0.1) is 0 Å². The minimum atomic E-state index is -4.15. The van der Waals surface area contributed by atoms with Crippen LogP contribution in [0.15, 0.2) is 0 Å². The van der Waals surface area contributed by atoms with Crippen molar-refractivity contribution in [3.8, 4) is 0 Å². The van der Waals surface area contributed by atoms with Crippen LogP contribution < -0.4 is 0 Å². The minimum Gasteiger partial charge on any atom is -0.378 e. The van der Waals surface area contributed by atoms with Crippen molar-refractivity contribution in [2.24, 2.45) is 0 Å². The highest BCUT2D eigenvalue weighted by Gasteiger charge is 2.65. The highest BCUT2D eigenvalue weighted by atomic mass is 28.6. The second-order valence-corrected chi connectivity index (χ2v) is 37.1. The van der Waals surface area contributed by atoms with Gasteiger partial charge in [-0.1, -0.05) is 0 Å². The Morgan fingerprint density at radius 3 is 0.711 bits per heavy atom. The van der Waals surface area contributed by atoms with Crippen molar-refractivity contribution in [2.75, 3.05) is 64.0 Å². The summed E-state index contributed by atoms with van der Waals surface area (Å²) in [7, 11) is -20.1. The molecule has 270 valence electrons. The largest absolute Gasteiger partial charge is 0.489 e. The summed E-state index contributed by atoms with van der Waals surface area (Å²) in [6.45, 7) is 14.9. The molecule has 0 bridgehead atoms. The monoisotopic (exact) mass is 810 g/mol. The van der Waals surface area contributed by atoms with Gasteiger partial charge < -0.3 is 76.9 Å². The summed E-state index contributed by atoms with van der Waals surface area (Å²) in [6.07, 6.45) is 0. The van der Waals surface area contributed by atoms with Crippen molar-refractivity contribution in [1.29, 1.82) is 0 Å². The molecule has 0 aliphatic carbocycles. The Labute approximate surface area is 278 Å². The van der Waals surface area contributed by atoms with E-state index in [1.807, 2.05) is 0 Å². The standard InChI is InChI=1S/C18H54O18Si9/c1-19-37(10,20-2)28-44(17,29-38(11,21-3)22-4)36-45(18)34-42(15,26-8)32-40(13,24-6)30-39(12,23-5)31-41(14,25-7)33-43(16,27-9)35-45/h1-18H3. The van der Waals surface area contributed by atoms with Gasteiger partial charge in [0.1, 0.15) is 0 Å². The Bertz CT molecular complexity index is 881. The van der Waals surface area contributed by atoms with Crippen LogP contribution in [0.25, 0.3) is 0 Å². The van der Waals surface area contributed by atoms with Crippen molar-refractivity contribution < 1.29 is 76.9 Å². The summed E-state index contributed by atoms with van der Waals surface area (Å²) in [5.74, 6) is 0. The third-order valence-corrected chi connectivity index (χ3v) is 40.0. The molecule has 45 heavy (non-hydrogen) atoms. The summed E-state index contributed by atoms with van der Waals surface area (Å²) in [5, 5.41) is 0. The first-order valence-electron chi connectivity index (χ1n) is 13.7. The normalized spacial score (nSPS) is 36.4. The van der Waals surface area contributed by atoms with E-state index < -0.39 is 79.2 Å². The molecule has 27 heteroatoms. The first-order valence-corrected chi connectivity index (χ1v) is 33.7. The third kappa shape index (κ3) is 12.5. The van der Waals surface area contributed by atoms with E-state index in [1.165, 1.54) is 64.0 Å². The SMILES string of the molecule is CO[Si](C)(OC)O[Si](C)(O[Si](C)(OC)OC)O[Si]1(C)O[Si](C)(OC)O[Si](C)(OC)O[Si](C)(OC)O[Si](C)(OC)O[Si](C)(OC)O1. The predicted octanol–water partition coefficient (Wildman–Crippen LogP) is 2.09. The zero-order valence-electron chi connectivity index (χ0n) is 29.8. The summed E-state index contributed by atoms with van der Waals surface area (Å²) >= 11 is 0. The van der Waals surface area contributed by atoms with Gasteiger partial charge in [0.15, 0.2) is 0 Å². The number of hydrogen-bond donors (Lipinski definition) is 0. The van der Waals surface area contributed by atoms with Gasteiger partial charge in [-0.3, -0.25) is 0 Å². The Morgan fingerprint density at radius 2 is 0.533 bits per heavy atom. The molecular formula is C18H54O18Si9. The van der Waals surface area contributed by atoms with Gasteiger partial charge >= 0.3 is 79.2 Å². The second-order valence-electron chi connectivity index (χ2n) is 10.5. The van der Waals surface area contributed by atoms with E-state index in [-0.39, 0.29) is 0 Å². The molecule has 0 radical (unpaired) electrons. The lowest BCUT2D eigenvalue weighted by Crippen LogP contribution is -2.72. The van der Waals surface area contributed by atoms with Gasteiger partial charge in [-0.15, -0.1) is 0 Å². The first-order chi connectivity index (χ1) is 20.4. The van der Waals surface area contributed by atoms with Gasteiger partial charge in [0, 0.05) is 123 Å². The van der Waals surface area contributed by atoms with Gasteiger partial charge in [-0.05, 0) is 0 Å². The molecule has 1 aliphatic rings. The summed E-state index contributed by atoms with van der Waals surface area (Å²) in [5.41, 5.74) is 0. The van der Waals surface area contributed by atoms with Gasteiger partial charge in [-0.2, -0.15) is 0 Å². The van der Waals surface area contributed by atoms with Crippen LogP contribution in [0.2, 0.25) is 58.9 Å². The molecule has 4 unspecified atom stereocenters. The average Bonchev–Trinajstić information content (AvgIpc) is 2.95. The summed E-state index contributed by atoms with van der Waals surface area (Å²) in [4.78, 5) is 0. The zero-order chi connectivity index (χ0) is 35.2. The predicted molar refractivity (Wildman–Crippen MR) is 177 cm³/mol. The van der Waals surface area contributed by atoms with Gasteiger partial charge in [-0.25, -0.2) is 0 Å². The molecule has 1 fully saturated rings. The van der Waals surface area contributed by atoms with Crippen molar-refractivity contribution >= 4 is 79.2 Å². The maximum absolute atomic E-state index is 6.77. The molecule has 0 aromatic carbocycles. The van der Waals surface area contributed by atoms with Crippen LogP contribution in [0.5, 0.6) is 0 Å². The molecule has 4 atom stereocenters.